The topological polar surface area (TPSA) is 96.9 Å². The molecule has 0 unspecified atom stereocenters. The van der Waals surface area contributed by atoms with E-state index in [9.17, 15) is 9.59 Å². The Morgan fingerprint density at radius 3 is 2.81 bits per heavy atom. The summed E-state index contributed by atoms with van der Waals surface area (Å²) in [7, 11) is 0. The Balaban J connectivity index is 1.76. The molecule has 21 heavy (non-hydrogen) atoms. The number of pyridine rings is 1. The highest BCUT2D eigenvalue weighted by Gasteiger charge is 2.08. The summed E-state index contributed by atoms with van der Waals surface area (Å²) in [6, 6.07) is 5.00. The van der Waals surface area contributed by atoms with Gasteiger partial charge in [-0.2, -0.15) is 0 Å². The van der Waals surface area contributed by atoms with Crippen molar-refractivity contribution in [3.63, 3.8) is 0 Å². The molecule has 2 heterocycles. The second kappa shape index (κ2) is 7.09. The lowest BCUT2D eigenvalue weighted by molar-refractivity contribution is -0.116. The number of carbonyl (C=O) groups is 2. The summed E-state index contributed by atoms with van der Waals surface area (Å²) in [6.45, 7) is 1.94. The SMILES string of the molecule is Cc1nccc(C(=O)NCCC(=O)Nc2cccnc2)n1. The number of nitrogens with zero attached hydrogens (tertiary/aromatic N) is 3. The van der Waals surface area contributed by atoms with Crippen molar-refractivity contribution in [2.24, 2.45) is 0 Å². The number of nitrogens with one attached hydrogen (secondary N) is 2. The van der Waals surface area contributed by atoms with Crippen LogP contribution in [0, 0.1) is 6.92 Å². The van der Waals surface area contributed by atoms with Crippen LogP contribution in [0.15, 0.2) is 36.8 Å². The van der Waals surface area contributed by atoms with Gasteiger partial charge < -0.3 is 10.6 Å². The number of aromatic nitrogens is 3. The molecule has 0 atom stereocenters. The first-order valence-electron chi connectivity index (χ1n) is 6.43. The van der Waals surface area contributed by atoms with Crippen LogP contribution in [0.25, 0.3) is 0 Å². The van der Waals surface area contributed by atoms with Crippen molar-refractivity contribution in [1.29, 1.82) is 0 Å². The molecule has 2 amide bonds. The second-order valence-corrected chi connectivity index (χ2v) is 4.28. The van der Waals surface area contributed by atoms with Gasteiger partial charge in [0.15, 0.2) is 0 Å². The van der Waals surface area contributed by atoms with Crippen LogP contribution in [-0.2, 0) is 4.79 Å². The third-order valence-electron chi connectivity index (χ3n) is 2.59. The number of hydrogen-bond donors (Lipinski definition) is 2. The number of rotatable bonds is 5. The van der Waals surface area contributed by atoms with Crippen LogP contribution in [0.4, 0.5) is 5.69 Å². The molecule has 2 N–H and O–H groups in total. The minimum Gasteiger partial charge on any atom is -0.350 e. The molecule has 2 aromatic rings. The predicted octanol–water partition coefficient (Wildman–Crippen LogP) is 0.939. The fraction of sp³-hybridized carbons (Fsp3) is 0.214. The van der Waals surface area contributed by atoms with E-state index < -0.39 is 0 Å². The minimum atomic E-state index is -0.324. The Hall–Kier alpha value is -2.83. The highest BCUT2D eigenvalue weighted by Crippen LogP contribution is 2.02. The fourth-order valence-corrected chi connectivity index (χ4v) is 1.62. The van der Waals surface area contributed by atoms with E-state index in [4.69, 9.17) is 0 Å². The van der Waals surface area contributed by atoms with Crippen LogP contribution >= 0.6 is 0 Å². The van der Waals surface area contributed by atoms with Gasteiger partial charge in [-0.05, 0) is 25.1 Å². The molecule has 7 heteroatoms. The van der Waals surface area contributed by atoms with E-state index in [-0.39, 0.29) is 30.5 Å². The molecular weight excluding hydrogens is 270 g/mol. The normalized spacial score (nSPS) is 9.95. The van der Waals surface area contributed by atoms with Gasteiger partial charge in [0, 0.05) is 25.4 Å². The number of hydrogen-bond acceptors (Lipinski definition) is 5. The van der Waals surface area contributed by atoms with E-state index in [2.05, 4.69) is 25.6 Å². The maximum Gasteiger partial charge on any atom is 0.270 e. The van der Waals surface area contributed by atoms with Crippen LogP contribution in [-0.4, -0.2) is 33.3 Å². The standard InChI is InChI=1S/C14H15N5O2/c1-10-16-7-4-12(18-10)14(21)17-8-5-13(20)19-11-3-2-6-15-9-11/h2-4,6-7,9H,5,8H2,1H3,(H,17,21)(H,19,20). The molecule has 2 aromatic heterocycles. The molecule has 0 aliphatic rings. The molecule has 0 aliphatic carbocycles. The van der Waals surface area contributed by atoms with Gasteiger partial charge in [0.05, 0.1) is 11.9 Å². The van der Waals surface area contributed by atoms with Gasteiger partial charge in [-0.1, -0.05) is 0 Å². The lowest BCUT2D eigenvalue weighted by Gasteiger charge is -2.06. The number of anilines is 1. The van der Waals surface area contributed by atoms with Gasteiger partial charge in [-0.3, -0.25) is 14.6 Å². The molecule has 0 saturated carbocycles. The average molecular weight is 285 g/mol. The first-order valence-corrected chi connectivity index (χ1v) is 6.43. The van der Waals surface area contributed by atoms with Gasteiger partial charge in [0.1, 0.15) is 11.5 Å². The molecule has 0 aliphatic heterocycles. The predicted molar refractivity (Wildman–Crippen MR) is 76.6 cm³/mol. The summed E-state index contributed by atoms with van der Waals surface area (Å²) in [5.74, 6) is 0.00816. The smallest absolute Gasteiger partial charge is 0.270 e. The highest BCUT2D eigenvalue weighted by molar-refractivity contribution is 5.93. The Kier molecular flexibility index (Phi) is 4.92. The minimum absolute atomic E-state index is 0.171. The molecule has 0 spiro atoms. The second-order valence-electron chi connectivity index (χ2n) is 4.28. The van der Waals surface area contributed by atoms with Crippen LogP contribution in [0.5, 0.6) is 0 Å². The van der Waals surface area contributed by atoms with Crippen LogP contribution < -0.4 is 10.6 Å². The molecule has 2 rings (SSSR count). The van der Waals surface area contributed by atoms with E-state index in [1.54, 1.807) is 31.5 Å². The van der Waals surface area contributed by atoms with E-state index in [1.807, 2.05) is 0 Å². The maximum atomic E-state index is 11.8. The first-order chi connectivity index (χ1) is 10.1. The lowest BCUT2D eigenvalue weighted by atomic mass is 10.3. The number of amides is 2. The Morgan fingerprint density at radius 2 is 2.10 bits per heavy atom. The molecule has 0 fully saturated rings. The highest BCUT2D eigenvalue weighted by atomic mass is 16.2. The van der Waals surface area contributed by atoms with E-state index in [0.717, 1.165) is 0 Å². The van der Waals surface area contributed by atoms with Crippen molar-refractivity contribution in [3.05, 3.63) is 48.3 Å². The zero-order valence-electron chi connectivity index (χ0n) is 11.5. The summed E-state index contributed by atoms with van der Waals surface area (Å²) in [5.41, 5.74) is 0.912. The van der Waals surface area contributed by atoms with Crippen LogP contribution in [0.1, 0.15) is 22.7 Å². The summed E-state index contributed by atoms with van der Waals surface area (Å²) in [4.78, 5) is 35.3. The van der Waals surface area contributed by atoms with Crippen molar-refractivity contribution >= 4 is 17.5 Å². The van der Waals surface area contributed by atoms with Gasteiger partial charge in [-0.25, -0.2) is 9.97 Å². The largest absolute Gasteiger partial charge is 0.350 e. The average Bonchev–Trinajstić information content (AvgIpc) is 2.48. The molecule has 108 valence electrons. The number of carbonyl (C=O) groups excluding carboxylic acids is 2. The van der Waals surface area contributed by atoms with Crippen LogP contribution in [0.3, 0.4) is 0 Å². The Labute approximate surface area is 121 Å². The summed E-state index contributed by atoms with van der Waals surface area (Å²) in [5, 5.41) is 5.32. The van der Waals surface area contributed by atoms with Crippen molar-refractivity contribution in [2.45, 2.75) is 13.3 Å². The molecule has 0 radical (unpaired) electrons. The van der Waals surface area contributed by atoms with Crippen molar-refractivity contribution in [2.75, 3.05) is 11.9 Å². The summed E-state index contributed by atoms with van der Waals surface area (Å²) in [6.07, 6.45) is 4.87. The fourth-order valence-electron chi connectivity index (χ4n) is 1.62. The van der Waals surface area contributed by atoms with Gasteiger partial charge in [0.25, 0.3) is 5.91 Å². The quantitative estimate of drug-likeness (QED) is 0.852. The number of aryl methyl sites for hydroxylation is 1. The zero-order chi connectivity index (χ0) is 15.1. The van der Waals surface area contributed by atoms with Crippen molar-refractivity contribution in [3.8, 4) is 0 Å². The summed E-state index contributed by atoms with van der Waals surface area (Å²) < 4.78 is 0. The van der Waals surface area contributed by atoms with Gasteiger partial charge >= 0.3 is 0 Å². The Bertz CT molecular complexity index is 630. The third-order valence-corrected chi connectivity index (χ3v) is 2.59. The summed E-state index contributed by atoms with van der Waals surface area (Å²) >= 11 is 0. The molecular formula is C14H15N5O2. The van der Waals surface area contributed by atoms with Crippen molar-refractivity contribution in [1.82, 2.24) is 20.3 Å². The van der Waals surface area contributed by atoms with Crippen molar-refractivity contribution < 1.29 is 9.59 Å². The van der Waals surface area contributed by atoms with E-state index in [0.29, 0.717) is 11.5 Å². The lowest BCUT2D eigenvalue weighted by Crippen LogP contribution is -2.28. The first kappa shape index (κ1) is 14.6. The zero-order valence-corrected chi connectivity index (χ0v) is 11.5. The third kappa shape index (κ3) is 4.64. The molecule has 0 saturated heterocycles. The molecule has 7 nitrogen and oxygen atoms in total. The Morgan fingerprint density at radius 1 is 1.24 bits per heavy atom. The monoisotopic (exact) mass is 285 g/mol. The molecule has 0 aromatic carbocycles. The van der Waals surface area contributed by atoms with Crippen LogP contribution in [0.2, 0.25) is 0 Å². The molecule has 0 bridgehead atoms. The van der Waals surface area contributed by atoms with E-state index in [1.165, 1.54) is 12.3 Å². The van der Waals surface area contributed by atoms with Gasteiger partial charge in [0.2, 0.25) is 5.91 Å². The van der Waals surface area contributed by atoms with E-state index >= 15 is 0 Å². The maximum absolute atomic E-state index is 11.8. The van der Waals surface area contributed by atoms with Gasteiger partial charge in [-0.15, -0.1) is 0 Å².